The van der Waals surface area contributed by atoms with Crippen LogP contribution in [0.15, 0.2) is 24.3 Å². The lowest BCUT2D eigenvalue weighted by molar-refractivity contribution is -0.191. The molecule has 20 heavy (non-hydrogen) atoms. The van der Waals surface area contributed by atoms with E-state index < -0.39 is 23.2 Å². The number of halogens is 1. The Balaban J connectivity index is 2.43. The van der Waals surface area contributed by atoms with Gasteiger partial charge in [0.05, 0.1) is 6.54 Å². The van der Waals surface area contributed by atoms with E-state index >= 15 is 0 Å². The van der Waals surface area contributed by atoms with Crippen molar-refractivity contribution in [3.05, 3.63) is 34.9 Å². The van der Waals surface area contributed by atoms with Crippen molar-refractivity contribution in [2.75, 3.05) is 13.1 Å². The first kappa shape index (κ1) is 15.1. The molecule has 1 aliphatic rings. The number of rotatable bonds is 1. The van der Waals surface area contributed by atoms with Gasteiger partial charge in [-0.2, -0.15) is 0 Å². The molecule has 2 rings (SSSR count). The Labute approximate surface area is 122 Å². The summed E-state index contributed by atoms with van der Waals surface area (Å²) in [5, 5.41) is 31.0. The van der Waals surface area contributed by atoms with Crippen LogP contribution in [0.5, 0.6) is 0 Å². The molecule has 0 radical (unpaired) electrons. The molecule has 1 aromatic rings. The topological polar surface area (TPSA) is 81.0 Å². The molecule has 6 heteroatoms. The van der Waals surface area contributed by atoms with Gasteiger partial charge in [0.25, 0.3) is 0 Å². The Morgan fingerprint density at radius 3 is 2.35 bits per heavy atom. The summed E-state index contributed by atoms with van der Waals surface area (Å²) in [4.78, 5) is 12.2. The zero-order valence-corrected chi connectivity index (χ0v) is 12.1. The molecule has 2 unspecified atom stereocenters. The van der Waals surface area contributed by atoms with E-state index in [2.05, 4.69) is 0 Å². The minimum atomic E-state index is -1.52. The fourth-order valence-corrected chi connectivity index (χ4v) is 3.01. The number of aliphatic hydroxyl groups excluding tert-OH is 1. The highest BCUT2D eigenvalue weighted by Crippen LogP contribution is 2.46. The van der Waals surface area contributed by atoms with E-state index in [1.165, 1.54) is 0 Å². The first-order valence-corrected chi connectivity index (χ1v) is 6.70. The van der Waals surface area contributed by atoms with Gasteiger partial charge in [0.2, 0.25) is 0 Å². The van der Waals surface area contributed by atoms with E-state index in [4.69, 9.17) is 16.7 Å². The van der Waals surface area contributed by atoms with E-state index in [1.54, 1.807) is 38.1 Å². The fraction of sp³-hybridized carbons (Fsp3) is 0.500. The highest BCUT2D eigenvalue weighted by Gasteiger charge is 2.55. The van der Waals surface area contributed by atoms with Crippen LogP contribution >= 0.6 is 11.6 Å². The highest BCUT2D eigenvalue weighted by molar-refractivity contribution is 6.30. The smallest absolute Gasteiger partial charge is 0.407 e. The number of hydrogen-bond acceptors (Lipinski definition) is 3. The number of carbonyl (C=O) groups is 1. The summed E-state index contributed by atoms with van der Waals surface area (Å²) < 4.78 is 0. The first-order chi connectivity index (χ1) is 9.18. The van der Waals surface area contributed by atoms with Crippen molar-refractivity contribution in [1.82, 2.24) is 4.90 Å². The number of benzene rings is 1. The third-order valence-electron chi connectivity index (χ3n) is 4.05. The van der Waals surface area contributed by atoms with Gasteiger partial charge in [-0.3, -0.25) is 0 Å². The predicted octanol–water partition coefficient (Wildman–Crippen LogP) is 1.91. The Kier molecular flexibility index (Phi) is 3.71. The van der Waals surface area contributed by atoms with Crippen LogP contribution in [0.3, 0.4) is 0 Å². The van der Waals surface area contributed by atoms with Crippen molar-refractivity contribution < 1.29 is 20.1 Å². The van der Waals surface area contributed by atoms with Crippen molar-refractivity contribution >= 4 is 17.7 Å². The summed E-state index contributed by atoms with van der Waals surface area (Å²) in [6.07, 6.45) is -2.31. The van der Waals surface area contributed by atoms with Crippen LogP contribution in [0.2, 0.25) is 5.02 Å². The highest BCUT2D eigenvalue weighted by atomic mass is 35.5. The maximum atomic E-state index is 11.1. The fourth-order valence-electron chi connectivity index (χ4n) is 2.89. The first-order valence-electron chi connectivity index (χ1n) is 6.33. The van der Waals surface area contributed by atoms with Crippen LogP contribution < -0.4 is 0 Å². The standard InChI is InChI=1S/C14H18ClNO4/c1-13(2)8-16(12(18)19)7-11(17)14(13,20)9-3-5-10(15)6-4-9/h3-6,11,17,20H,7-8H2,1-2H3,(H,18,19). The zero-order valence-electron chi connectivity index (χ0n) is 11.4. The number of likely N-dealkylation sites (tertiary alicyclic amines) is 1. The van der Waals surface area contributed by atoms with Gasteiger partial charge in [0.1, 0.15) is 11.7 Å². The summed E-state index contributed by atoms with van der Waals surface area (Å²) in [7, 11) is 0. The molecule has 1 aromatic carbocycles. The van der Waals surface area contributed by atoms with Crippen LogP contribution in [0.1, 0.15) is 19.4 Å². The summed E-state index contributed by atoms with van der Waals surface area (Å²) in [6, 6.07) is 6.59. The zero-order chi connectivity index (χ0) is 15.1. The SMILES string of the molecule is CC1(C)CN(C(=O)O)CC(O)C1(O)c1ccc(Cl)cc1. The van der Waals surface area contributed by atoms with Gasteiger partial charge < -0.3 is 20.2 Å². The Morgan fingerprint density at radius 2 is 1.90 bits per heavy atom. The van der Waals surface area contributed by atoms with E-state index in [9.17, 15) is 15.0 Å². The van der Waals surface area contributed by atoms with Gasteiger partial charge >= 0.3 is 6.09 Å². The summed E-state index contributed by atoms with van der Waals surface area (Å²) in [5.41, 5.74) is -1.83. The van der Waals surface area contributed by atoms with Crippen LogP contribution in [0, 0.1) is 5.41 Å². The summed E-state index contributed by atoms with van der Waals surface area (Å²) in [6.45, 7) is 3.48. The van der Waals surface area contributed by atoms with Gasteiger partial charge in [-0.05, 0) is 17.7 Å². The quantitative estimate of drug-likeness (QED) is 0.740. The Hall–Kier alpha value is -1.30. The molecule has 1 saturated heterocycles. The molecule has 1 heterocycles. The van der Waals surface area contributed by atoms with Gasteiger partial charge in [-0.1, -0.05) is 37.6 Å². The average Bonchev–Trinajstić information content (AvgIpc) is 2.35. The van der Waals surface area contributed by atoms with Gasteiger partial charge in [-0.25, -0.2) is 4.79 Å². The van der Waals surface area contributed by atoms with Crippen molar-refractivity contribution in [3.63, 3.8) is 0 Å². The van der Waals surface area contributed by atoms with Crippen LogP contribution in [0.25, 0.3) is 0 Å². The maximum absolute atomic E-state index is 11.1. The van der Waals surface area contributed by atoms with Crippen LogP contribution in [0.4, 0.5) is 4.79 Å². The molecule has 0 saturated carbocycles. The third kappa shape index (κ3) is 2.26. The Morgan fingerprint density at radius 1 is 1.35 bits per heavy atom. The third-order valence-corrected chi connectivity index (χ3v) is 4.30. The molecule has 3 N–H and O–H groups in total. The largest absolute Gasteiger partial charge is 0.465 e. The molecule has 2 atom stereocenters. The second kappa shape index (κ2) is 4.91. The second-order valence-corrected chi connectivity index (χ2v) is 6.27. The van der Waals surface area contributed by atoms with Gasteiger partial charge in [0, 0.05) is 17.0 Å². The van der Waals surface area contributed by atoms with Crippen LogP contribution in [-0.4, -0.2) is 45.5 Å². The molecule has 110 valence electrons. The van der Waals surface area contributed by atoms with Gasteiger partial charge in [-0.15, -0.1) is 0 Å². The lowest BCUT2D eigenvalue weighted by atomic mass is 9.65. The molecule has 0 aromatic heterocycles. The van der Waals surface area contributed by atoms with Crippen molar-refractivity contribution in [1.29, 1.82) is 0 Å². The minimum Gasteiger partial charge on any atom is -0.465 e. The van der Waals surface area contributed by atoms with Gasteiger partial charge in [0.15, 0.2) is 0 Å². The maximum Gasteiger partial charge on any atom is 0.407 e. The average molecular weight is 300 g/mol. The van der Waals surface area contributed by atoms with Crippen LogP contribution in [-0.2, 0) is 5.60 Å². The summed E-state index contributed by atoms with van der Waals surface area (Å²) in [5.74, 6) is 0. The van der Waals surface area contributed by atoms with E-state index in [0.717, 1.165) is 4.90 Å². The second-order valence-electron chi connectivity index (χ2n) is 5.84. The Bertz CT molecular complexity index is 516. The number of nitrogens with zero attached hydrogens (tertiary/aromatic N) is 1. The normalized spacial score (nSPS) is 29.2. The van der Waals surface area contributed by atoms with Crippen molar-refractivity contribution in [2.45, 2.75) is 25.6 Å². The molecule has 0 spiro atoms. The molecule has 1 aliphatic heterocycles. The molecule has 1 amide bonds. The molecule has 0 aliphatic carbocycles. The number of carboxylic acid groups (broad SMARTS) is 1. The number of piperidine rings is 1. The molecule has 5 nitrogen and oxygen atoms in total. The molecular formula is C14H18ClNO4. The van der Waals surface area contributed by atoms with E-state index in [-0.39, 0.29) is 13.1 Å². The molecular weight excluding hydrogens is 282 g/mol. The summed E-state index contributed by atoms with van der Waals surface area (Å²) >= 11 is 5.84. The number of amides is 1. The predicted molar refractivity (Wildman–Crippen MR) is 74.7 cm³/mol. The van der Waals surface area contributed by atoms with Crippen molar-refractivity contribution in [2.24, 2.45) is 5.41 Å². The monoisotopic (exact) mass is 299 g/mol. The molecule has 1 fully saturated rings. The number of aliphatic hydroxyl groups is 2. The minimum absolute atomic E-state index is 0.127. The van der Waals surface area contributed by atoms with E-state index in [1.807, 2.05) is 0 Å². The van der Waals surface area contributed by atoms with Crippen molar-refractivity contribution in [3.8, 4) is 0 Å². The molecule has 0 bridgehead atoms. The van der Waals surface area contributed by atoms with E-state index in [0.29, 0.717) is 10.6 Å². The lowest BCUT2D eigenvalue weighted by Gasteiger charge is -2.52. The number of β-amino-alcohol motifs (C(OH)–C–C–N with tert-alkyl or cyclic N) is 1. The lowest BCUT2D eigenvalue weighted by Crippen LogP contribution is -2.64. The number of hydrogen-bond donors (Lipinski definition) is 3.